The van der Waals surface area contributed by atoms with Gasteiger partial charge in [0.05, 0.1) is 5.56 Å². The Morgan fingerprint density at radius 2 is 1.76 bits per heavy atom. The molecule has 1 unspecified atom stereocenters. The summed E-state index contributed by atoms with van der Waals surface area (Å²) >= 11 is 0. The van der Waals surface area contributed by atoms with E-state index in [2.05, 4.69) is 0 Å². The summed E-state index contributed by atoms with van der Waals surface area (Å²) in [6, 6.07) is 3.63. The van der Waals surface area contributed by atoms with E-state index in [1.807, 2.05) is 11.9 Å². The Morgan fingerprint density at radius 1 is 1.19 bits per heavy atom. The van der Waals surface area contributed by atoms with Gasteiger partial charge in [0.1, 0.15) is 6.04 Å². The molecule has 0 aromatic heterocycles. The average Bonchev–Trinajstić information content (AvgIpc) is 2.40. The maximum absolute atomic E-state index is 13.1. The number of hydrogen-bond donors (Lipinski definition) is 1. The van der Waals surface area contributed by atoms with Crippen LogP contribution in [0.3, 0.4) is 0 Å². The van der Waals surface area contributed by atoms with Crippen molar-refractivity contribution in [2.24, 2.45) is 0 Å². The monoisotopic (exact) mass is 302 g/mol. The molecule has 4 nitrogen and oxygen atoms in total. The molecule has 1 saturated heterocycles. The molecule has 0 amide bonds. The van der Waals surface area contributed by atoms with E-state index in [1.54, 1.807) is 4.90 Å². The van der Waals surface area contributed by atoms with Crippen molar-refractivity contribution >= 4 is 5.97 Å². The van der Waals surface area contributed by atoms with Gasteiger partial charge in [-0.05, 0) is 18.7 Å². The number of alkyl halides is 3. The molecule has 7 heteroatoms. The van der Waals surface area contributed by atoms with Gasteiger partial charge < -0.3 is 10.0 Å². The number of aliphatic carboxylic acids is 1. The highest BCUT2D eigenvalue weighted by molar-refractivity contribution is 5.76. The summed E-state index contributed by atoms with van der Waals surface area (Å²) in [6.07, 6.45) is -4.56. The summed E-state index contributed by atoms with van der Waals surface area (Å²) in [6.45, 7) is 2.13. The number of halogens is 3. The van der Waals surface area contributed by atoms with Gasteiger partial charge in [-0.1, -0.05) is 18.2 Å². The van der Waals surface area contributed by atoms with E-state index in [0.29, 0.717) is 26.2 Å². The molecule has 1 heterocycles. The number of carboxylic acids is 1. The van der Waals surface area contributed by atoms with Gasteiger partial charge in [-0.25, -0.2) is 0 Å². The molecule has 1 aliphatic heterocycles. The second kappa shape index (κ2) is 6.03. The van der Waals surface area contributed by atoms with E-state index in [1.165, 1.54) is 18.2 Å². The highest BCUT2D eigenvalue weighted by Crippen LogP contribution is 2.36. The Bertz CT molecular complexity index is 511. The molecule has 116 valence electrons. The number of likely N-dealkylation sites (N-methyl/N-ethyl adjacent to an activating group) is 1. The van der Waals surface area contributed by atoms with E-state index in [-0.39, 0.29) is 5.56 Å². The topological polar surface area (TPSA) is 43.8 Å². The third kappa shape index (κ3) is 3.54. The van der Waals surface area contributed by atoms with Crippen molar-refractivity contribution in [2.45, 2.75) is 12.2 Å². The second-order valence-corrected chi connectivity index (χ2v) is 5.17. The van der Waals surface area contributed by atoms with Gasteiger partial charge >= 0.3 is 12.1 Å². The molecule has 1 aromatic carbocycles. The van der Waals surface area contributed by atoms with Gasteiger partial charge in [0.15, 0.2) is 0 Å². The van der Waals surface area contributed by atoms with Crippen molar-refractivity contribution in [1.82, 2.24) is 9.80 Å². The summed E-state index contributed by atoms with van der Waals surface area (Å²) in [4.78, 5) is 15.1. The molecule has 0 spiro atoms. The van der Waals surface area contributed by atoms with Crippen LogP contribution in [0.5, 0.6) is 0 Å². The first-order valence-corrected chi connectivity index (χ1v) is 6.62. The van der Waals surface area contributed by atoms with Gasteiger partial charge in [0, 0.05) is 26.2 Å². The first-order chi connectivity index (χ1) is 9.80. The molecular formula is C14H17F3N2O2. The molecule has 2 rings (SSSR count). The molecule has 21 heavy (non-hydrogen) atoms. The van der Waals surface area contributed by atoms with Gasteiger partial charge in [-0.15, -0.1) is 0 Å². The number of benzene rings is 1. The maximum atomic E-state index is 13.1. The van der Waals surface area contributed by atoms with E-state index in [9.17, 15) is 23.1 Å². The zero-order valence-electron chi connectivity index (χ0n) is 11.6. The molecular weight excluding hydrogens is 285 g/mol. The smallest absolute Gasteiger partial charge is 0.416 e. The van der Waals surface area contributed by atoms with Crippen LogP contribution in [-0.4, -0.2) is 54.1 Å². The van der Waals surface area contributed by atoms with Crippen LogP contribution in [0.1, 0.15) is 17.2 Å². The lowest BCUT2D eigenvalue weighted by Gasteiger charge is -2.36. The number of carbonyl (C=O) groups is 1. The average molecular weight is 302 g/mol. The Kier molecular flexibility index (Phi) is 4.53. The van der Waals surface area contributed by atoms with Crippen molar-refractivity contribution in [1.29, 1.82) is 0 Å². The first kappa shape index (κ1) is 15.8. The van der Waals surface area contributed by atoms with E-state index in [4.69, 9.17) is 0 Å². The second-order valence-electron chi connectivity index (χ2n) is 5.17. The number of hydrogen-bond acceptors (Lipinski definition) is 3. The maximum Gasteiger partial charge on any atom is 0.416 e. The predicted octanol–water partition coefficient (Wildman–Crippen LogP) is 2.08. The molecule has 0 bridgehead atoms. The minimum absolute atomic E-state index is 0.193. The fraction of sp³-hybridized carbons (Fsp3) is 0.500. The van der Waals surface area contributed by atoms with Gasteiger partial charge in [-0.2, -0.15) is 13.2 Å². The van der Waals surface area contributed by atoms with Crippen LogP contribution < -0.4 is 0 Å². The van der Waals surface area contributed by atoms with Gasteiger partial charge in [-0.3, -0.25) is 9.69 Å². The van der Waals surface area contributed by atoms with Crippen molar-refractivity contribution in [3.8, 4) is 0 Å². The molecule has 1 aliphatic rings. The number of rotatable bonds is 3. The van der Waals surface area contributed by atoms with Gasteiger partial charge in [0.25, 0.3) is 0 Å². The van der Waals surface area contributed by atoms with Crippen LogP contribution in [-0.2, 0) is 11.0 Å². The lowest BCUT2D eigenvalue weighted by atomic mass is 9.98. The molecule has 0 saturated carbocycles. The van der Waals surface area contributed by atoms with Crippen LogP contribution in [0.25, 0.3) is 0 Å². The fourth-order valence-corrected chi connectivity index (χ4v) is 2.56. The minimum atomic E-state index is -4.56. The summed E-state index contributed by atoms with van der Waals surface area (Å²) in [5, 5.41) is 9.41. The molecule has 0 aliphatic carbocycles. The van der Waals surface area contributed by atoms with Crippen LogP contribution in [0.2, 0.25) is 0 Å². The van der Waals surface area contributed by atoms with Crippen LogP contribution >= 0.6 is 0 Å². The SMILES string of the molecule is CN1CCN(C(C(=O)O)c2ccccc2C(F)(F)F)CC1. The lowest BCUT2D eigenvalue weighted by Crippen LogP contribution is -2.48. The summed E-state index contributed by atoms with van der Waals surface area (Å²) in [7, 11) is 1.90. The number of nitrogens with zero attached hydrogens (tertiary/aromatic N) is 2. The van der Waals surface area contributed by atoms with Crippen molar-refractivity contribution < 1.29 is 23.1 Å². The Hall–Kier alpha value is -1.60. The van der Waals surface area contributed by atoms with Crippen LogP contribution in [0.15, 0.2) is 24.3 Å². The normalized spacial score (nSPS) is 19.4. The third-order valence-corrected chi connectivity index (χ3v) is 3.70. The molecule has 0 radical (unpaired) electrons. The Labute approximate surface area is 120 Å². The highest BCUT2D eigenvalue weighted by Gasteiger charge is 2.39. The van der Waals surface area contributed by atoms with Crippen molar-refractivity contribution in [3.63, 3.8) is 0 Å². The largest absolute Gasteiger partial charge is 0.480 e. The quantitative estimate of drug-likeness (QED) is 0.928. The molecule has 1 atom stereocenters. The molecule has 1 N–H and O–H groups in total. The van der Waals surface area contributed by atoms with Crippen molar-refractivity contribution in [2.75, 3.05) is 33.2 Å². The predicted molar refractivity (Wildman–Crippen MR) is 70.9 cm³/mol. The Morgan fingerprint density at radius 3 is 2.29 bits per heavy atom. The summed E-state index contributed by atoms with van der Waals surface area (Å²) in [5.41, 5.74) is -1.07. The van der Waals surface area contributed by atoms with Crippen LogP contribution in [0, 0.1) is 0 Å². The molecule has 1 aromatic rings. The first-order valence-electron chi connectivity index (χ1n) is 6.62. The third-order valence-electron chi connectivity index (χ3n) is 3.70. The highest BCUT2D eigenvalue weighted by atomic mass is 19.4. The van der Waals surface area contributed by atoms with E-state index < -0.39 is 23.8 Å². The summed E-state index contributed by atoms with van der Waals surface area (Å²) in [5.74, 6) is -1.25. The zero-order chi connectivity index (χ0) is 15.6. The van der Waals surface area contributed by atoms with Crippen LogP contribution in [0.4, 0.5) is 13.2 Å². The summed E-state index contributed by atoms with van der Waals surface area (Å²) < 4.78 is 39.2. The van der Waals surface area contributed by atoms with Gasteiger partial charge in [0.2, 0.25) is 0 Å². The van der Waals surface area contributed by atoms with Crippen molar-refractivity contribution in [3.05, 3.63) is 35.4 Å². The number of piperazine rings is 1. The Balaban J connectivity index is 2.38. The number of carboxylic acid groups (broad SMARTS) is 1. The fourth-order valence-electron chi connectivity index (χ4n) is 2.56. The standard InChI is InChI=1S/C14H17F3N2O2/c1-18-6-8-19(9-7-18)12(13(20)21)10-4-2-3-5-11(10)14(15,16)17/h2-5,12H,6-9H2,1H3,(H,20,21). The minimum Gasteiger partial charge on any atom is -0.480 e. The van der Waals surface area contributed by atoms with E-state index in [0.717, 1.165) is 6.07 Å². The zero-order valence-corrected chi connectivity index (χ0v) is 11.6. The molecule has 1 fully saturated rings. The van der Waals surface area contributed by atoms with E-state index >= 15 is 0 Å². The lowest BCUT2D eigenvalue weighted by molar-refractivity contribution is -0.146.